The smallest absolute Gasteiger partial charge is 0.460 e. The van der Waals surface area contributed by atoms with Crippen molar-refractivity contribution in [3.63, 3.8) is 0 Å². The predicted molar refractivity (Wildman–Crippen MR) is 74.5 cm³/mol. The molecule has 0 aliphatic heterocycles. The minimum Gasteiger partial charge on any atom is -0.465 e. The van der Waals surface area contributed by atoms with E-state index >= 15 is 0 Å². The largest absolute Gasteiger partial charge is 0.465 e. The molecule has 204 valence electrons. The van der Waals surface area contributed by atoms with Gasteiger partial charge in [0, 0.05) is 6.42 Å². The summed E-state index contributed by atoms with van der Waals surface area (Å²) < 4.78 is 226. The standard InChI is InChI=1S/C14H12F17NO2/c1-5(32)6(33)34-4-2-3-7(15,16)8(17,18)9(19,20)10(21,22)11(23,24)12(25,26)13(27,28)14(29,30)31/h5H,2-4,32H2,1H3/t5-/m1/s1. The summed E-state index contributed by atoms with van der Waals surface area (Å²) in [6, 6.07) is -1.41. The first kappa shape index (κ1) is 32.2. The predicted octanol–water partition coefficient (Wildman–Crippen LogP) is 5.67. The summed E-state index contributed by atoms with van der Waals surface area (Å²) in [4.78, 5) is 10.9. The van der Waals surface area contributed by atoms with Crippen LogP contribution < -0.4 is 5.73 Å². The van der Waals surface area contributed by atoms with Crippen LogP contribution in [-0.4, -0.2) is 66.3 Å². The van der Waals surface area contributed by atoms with E-state index in [1.807, 2.05) is 0 Å². The number of halogens is 17. The van der Waals surface area contributed by atoms with Crippen LogP contribution in [0.1, 0.15) is 19.8 Å². The molecule has 34 heavy (non-hydrogen) atoms. The Kier molecular flexibility index (Phi) is 8.56. The third kappa shape index (κ3) is 4.82. The Bertz CT molecular complexity index is 728. The molecule has 0 unspecified atom stereocenters. The Balaban J connectivity index is 6.18. The van der Waals surface area contributed by atoms with Crippen LogP contribution in [0.25, 0.3) is 0 Å². The highest BCUT2D eigenvalue weighted by Crippen LogP contribution is 2.64. The van der Waals surface area contributed by atoms with Crippen molar-refractivity contribution in [3.05, 3.63) is 0 Å². The number of hydrogen-bond donors (Lipinski definition) is 1. The van der Waals surface area contributed by atoms with E-state index in [0.717, 1.165) is 6.92 Å². The Hall–Kier alpha value is -1.76. The molecule has 0 saturated carbocycles. The average Bonchev–Trinajstić information content (AvgIpc) is 2.62. The highest BCUT2D eigenvalue weighted by Gasteiger charge is 2.95. The number of rotatable bonds is 11. The van der Waals surface area contributed by atoms with Gasteiger partial charge in [-0.25, -0.2) is 0 Å². The van der Waals surface area contributed by atoms with Gasteiger partial charge in [-0.1, -0.05) is 0 Å². The fraction of sp³-hybridized carbons (Fsp3) is 0.929. The fourth-order valence-corrected chi connectivity index (χ4v) is 1.95. The quantitative estimate of drug-likeness (QED) is 0.206. The van der Waals surface area contributed by atoms with Crippen molar-refractivity contribution in [2.75, 3.05) is 6.61 Å². The highest BCUT2D eigenvalue weighted by molar-refractivity contribution is 5.74. The van der Waals surface area contributed by atoms with E-state index in [9.17, 15) is 79.4 Å². The summed E-state index contributed by atoms with van der Waals surface area (Å²) >= 11 is 0. The normalized spacial score (nSPS) is 16.4. The number of nitrogens with two attached hydrogens (primary N) is 1. The number of carbonyl (C=O) groups excluding carboxylic acids is 1. The SMILES string of the molecule is C[C@@H](N)C(=O)OCCCC(F)(F)C(F)(F)C(F)(F)C(F)(F)C(F)(F)C(F)(F)C(F)(F)C(F)(F)F. The van der Waals surface area contributed by atoms with Crippen LogP contribution in [-0.2, 0) is 9.53 Å². The molecule has 0 aromatic heterocycles. The van der Waals surface area contributed by atoms with Crippen LogP contribution in [0.4, 0.5) is 74.6 Å². The zero-order valence-electron chi connectivity index (χ0n) is 16.0. The van der Waals surface area contributed by atoms with Gasteiger partial charge in [-0.15, -0.1) is 0 Å². The van der Waals surface area contributed by atoms with Crippen molar-refractivity contribution < 1.29 is 84.2 Å². The second-order valence-electron chi connectivity index (χ2n) is 6.71. The molecule has 3 nitrogen and oxygen atoms in total. The molecular formula is C14H12F17NO2. The molecule has 0 rings (SSSR count). The van der Waals surface area contributed by atoms with Crippen molar-refractivity contribution in [2.24, 2.45) is 5.73 Å². The van der Waals surface area contributed by atoms with Gasteiger partial charge >= 0.3 is 53.6 Å². The van der Waals surface area contributed by atoms with Gasteiger partial charge < -0.3 is 10.5 Å². The van der Waals surface area contributed by atoms with Gasteiger partial charge in [0.15, 0.2) is 0 Å². The topological polar surface area (TPSA) is 52.3 Å². The molecule has 2 N–H and O–H groups in total. The summed E-state index contributed by atoms with van der Waals surface area (Å²) in [5.74, 6) is -57.9. The van der Waals surface area contributed by atoms with E-state index in [0.29, 0.717) is 0 Å². The van der Waals surface area contributed by atoms with E-state index in [2.05, 4.69) is 4.74 Å². The molecule has 20 heteroatoms. The molecule has 0 aliphatic carbocycles. The minimum absolute atomic E-state index is 0.964. The van der Waals surface area contributed by atoms with Crippen LogP contribution in [0, 0.1) is 0 Å². The lowest BCUT2D eigenvalue weighted by molar-refractivity contribution is -0.461. The second-order valence-corrected chi connectivity index (χ2v) is 6.71. The van der Waals surface area contributed by atoms with Gasteiger partial charge in [0.2, 0.25) is 0 Å². The molecule has 0 aliphatic rings. The number of hydrogen-bond acceptors (Lipinski definition) is 3. The lowest BCUT2D eigenvalue weighted by Gasteiger charge is -2.42. The number of carbonyl (C=O) groups is 1. The molecular weight excluding hydrogens is 537 g/mol. The number of alkyl halides is 17. The van der Waals surface area contributed by atoms with E-state index in [-0.39, 0.29) is 0 Å². The van der Waals surface area contributed by atoms with Gasteiger partial charge in [0.05, 0.1) is 6.61 Å². The van der Waals surface area contributed by atoms with Crippen molar-refractivity contribution in [3.8, 4) is 0 Å². The molecule has 0 fully saturated rings. The minimum atomic E-state index is -8.66. The van der Waals surface area contributed by atoms with Crippen LogP contribution in [0.15, 0.2) is 0 Å². The maximum absolute atomic E-state index is 13.5. The van der Waals surface area contributed by atoms with Crippen LogP contribution >= 0.6 is 0 Å². The zero-order valence-corrected chi connectivity index (χ0v) is 16.0. The van der Waals surface area contributed by atoms with Gasteiger partial charge in [0.1, 0.15) is 6.04 Å². The summed E-state index contributed by atoms with van der Waals surface area (Å²) in [6.45, 7) is -0.341. The molecule has 1 atom stereocenters. The highest BCUT2D eigenvalue weighted by atomic mass is 19.4. The van der Waals surface area contributed by atoms with E-state index in [1.54, 1.807) is 0 Å². The maximum Gasteiger partial charge on any atom is 0.460 e. The summed E-state index contributed by atoms with van der Waals surface area (Å²) in [6.07, 6.45) is -12.0. The number of esters is 1. The van der Waals surface area contributed by atoms with Crippen molar-refractivity contribution in [1.29, 1.82) is 0 Å². The zero-order chi connectivity index (χ0) is 28.0. The summed E-state index contributed by atoms with van der Waals surface area (Å²) in [5.41, 5.74) is 4.93. The Labute approximate surface area is 177 Å². The van der Waals surface area contributed by atoms with Crippen molar-refractivity contribution in [2.45, 2.75) is 73.4 Å². The summed E-state index contributed by atoms with van der Waals surface area (Å²) in [7, 11) is 0. The first-order valence-electron chi connectivity index (χ1n) is 8.21. The molecule has 0 amide bonds. The Morgan fingerprint density at radius 3 is 1.29 bits per heavy atom. The third-order valence-corrected chi connectivity index (χ3v) is 4.04. The monoisotopic (exact) mass is 549 g/mol. The average molecular weight is 549 g/mol. The van der Waals surface area contributed by atoms with Gasteiger partial charge in [-0.2, -0.15) is 74.6 Å². The van der Waals surface area contributed by atoms with Crippen LogP contribution in [0.5, 0.6) is 0 Å². The van der Waals surface area contributed by atoms with Crippen LogP contribution in [0.2, 0.25) is 0 Å². The van der Waals surface area contributed by atoms with E-state index in [1.165, 1.54) is 0 Å². The van der Waals surface area contributed by atoms with Crippen LogP contribution in [0.3, 0.4) is 0 Å². The van der Waals surface area contributed by atoms with Gasteiger partial charge in [0.25, 0.3) is 0 Å². The number of ether oxygens (including phenoxy) is 1. The van der Waals surface area contributed by atoms with Crippen molar-refractivity contribution in [1.82, 2.24) is 0 Å². The van der Waals surface area contributed by atoms with Crippen molar-refractivity contribution >= 4 is 5.97 Å². The van der Waals surface area contributed by atoms with E-state index < -0.39 is 79.1 Å². The lowest BCUT2D eigenvalue weighted by Crippen LogP contribution is -2.74. The second kappa shape index (κ2) is 9.03. The van der Waals surface area contributed by atoms with E-state index in [4.69, 9.17) is 5.73 Å². The molecule has 0 aromatic rings. The van der Waals surface area contributed by atoms with Gasteiger partial charge in [-0.05, 0) is 13.3 Å². The first-order valence-corrected chi connectivity index (χ1v) is 8.21. The molecule has 0 spiro atoms. The molecule has 0 aromatic carbocycles. The molecule has 0 saturated heterocycles. The molecule has 0 bridgehead atoms. The van der Waals surface area contributed by atoms with Gasteiger partial charge in [-0.3, -0.25) is 4.79 Å². The third-order valence-electron chi connectivity index (χ3n) is 4.04. The fourth-order valence-electron chi connectivity index (χ4n) is 1.95. The Morgan fingerprint density at radius 2 is 0.971 bits per heavy atom. The molecule has 0 heterocycles. The first-order chi connectivity index (χ1) is 14.6. The summed E-state index contributed by atoms with van der Waals surface area (Å²) in [5, 5.41) is 0. The Morgan fingerprint density at radius 1 is 0.647 bits per heavy atom. The molecule has 0 radical (unpaired) electrons. The lowest BCUT2D eigenvalue weighted by atomic mass is 9.88. The maximum atomic E-state index is 13.5.